The maximum Gasteiger partial charge on any atom is 0.251 e. The Bertz CT molecular complexity index is 1590. The second kappa shape index (κ2) is 10.2. The van der Waals surface area contributed by atoms with Crippen LogP contribution < -0.4 is 16.4 Å². The number of benzene rings is 2. The Balaban J connectivity index is 1.76. The summed E-state index contributed by atoms with van der Waals surface area (Å²) < 4.78 is 1.95. The molecule has 2 aromatic heterocycles. The molecule has 4 aromatic rings. The van der Waals surface area contributed by atoms with Crippen molar-refractivity contribution in [2.75, 3.05) is 17.6 Å². The Hall–Kier alpha value is -4.97. The molecule has 2 amide bonds. The number of aromatic nitrogens is 3. The first kappa shape index (κ1) is 26.1. The molecule has 0 saturated carbocycles. The number of amides is 2. The molecule has 0 fully saturated rings. The number of carbonyl (C=O) groups is 2. The van der Waals surface area contributed by atoms with Gasteiger partial charge in [0, 0.05) is 36.0 Å². The summed E-state index contributed by atoms with van der Waals surface area (Å²) >= 11 is 0. The summed E-state index contributed by atoms with van der Waals surface area (Å²) in [6.45, 7) is 9.10. The maximum absolute atomic E-state index is 12.7. The van der Waals surface area contributed by atoms with Crippen LogP contribution in [0.1, 0.15) is 31.1 Å². The number of hydrogen-bond acceptors (Lipinski definition) is 6. The molecule has 0 aliphatic rings. The average Bonchev–Trinajstić information content (AvgIpc) is 3.21. The SMILES string of the molecule is C=C(C)C(=O)Nc1ccc(-c2c(-c3ccc(C(=O)NCC(C)(C)C#N)cc3)c3c(N)ncnc3n2C)cc1. The third-order valence-corrected chi connectivity index (χ3v) is 6.23. The molecular formula is C29H29N7O2. The molecule has 0 aliphatic carbocycles. The Kier molecular flexibility index (Phi) is 7.00. The number of rotatable bonds is 7. The highest BCUT2D eigenvalue weighted by Gasteiger charge is 2.23. The Labute approximate surface area is 221 Å². The monoisotopic (exact) mass is 507 g/mol. The summed E-state index contributed by atoms with van der Waals surface area (Å²) in [7, 11) is 1.91. The van der Waals surface area contributed by atoms with Crippen molar-refractivity contribution in [2.24, 2.45) is 12.5 Å². The fraction of sp³-hybridized carbons (Fsp3) is 0.207. The summed E-state index contributed by atoms with van der Waals surface area (Å²) in [5.41, 5.74) is 11.3. The van der Waals surface area contributed by atoms with Gasteiger partial charge in [0.25, 0.3) is 11.8 Å². The smallest absolute Gasteiger partial charge is 0.251 e. The number of aryl methyl sites for hydroxylation is 1. The van der Waals surface area contributed by atoms with Gasteiger partial charge in [-0.05, 0) is 56.2 Å². The first-order chi connectivity index (χ1) is 18.0. The molecule has 4 rings (SSSR count). The quantitative estimate of drug-likeness (QED) is 0.311. The number of carbonyl (C=O) groups excluding carboxylic acids is 2. The number of nitrogens with one attached hydrogen (secondary N) is 2. The van der Waals surface area contributed by atoms with Crippen LogP contribution in [0, 0.1) is 16.7 Å². The number of nitrogens with two attached hydrogens (primary N) is 1. The minimum atomic E-state index is -0.659. The van der Waals surface area contributed by atoms with Gasteiger partial charge in [-0.1, -0.05) is 30.8 Å². The predicted molar refractivity (Wildman–Crippen MR) is 149 cm³/mol. The standard InChI is InChI=1S/C29H29N7O2/c1-17(2)27(37)35-21-12-10-19(11-13-21)24-22(23-25(31)33-16-34-26(23)36(24)5)18-6-8-20(9-7-18)28(38)32-15-29(3,4)14-30/h6-13,16H,1,15H2,2-5H3,(H,32,38)(H,35,37)(H2,31,33,34). The average molecular weight is 508 g/mol. The molecule has 9 heteroatoms. The number of nitriles is 1. The largest absolute Gasteiger partial charge is 0.383 e. The molecule has 0 bridgehead atoms. The Morgan fingerprint density at radius 3 is 2.32 bits per heavy atom. The lowest BCUT2D eigenvalue weighted by Gasteiger charge is -2.16. The van der Waals surface area contributed by atoms with Crippen molar-refractivity contribution < 1.29 is 9.59 Å². The van der Waals surface area contributed by atoms with Crippen LogP contribution in [0.5, 0.6) is 0 Å². The first-order valence-electron chi connectivity index (χ1n) is 12.0. The molecule has 0 spiro atoms. The molecule has 0 saturated heterocycles. The number of fused-ring (bicyclic) bond motifs is 1. The van der Waals surface area contributed by atoms with Crippen molar-refractivity contribution in [3.05, 3.63) is 72.6 Å². The molecule has 9 nitrogen and oxygen atoms in total. The van der Waals surface area contributed by atoms with Crippen molar-refractivity contribution in [1.82, 2.24) is 19.9 Å². The van der Waals surface area contributed by atoms with Crippen molar-refractivity contribution in [3.8, 4) is 28.5 Å². The zero-order valence-electron chi connectivity index (χ0n) is 21.8. The van der Waals surface area contributed by atoms with Crippen LogP contribution in [-0.2, 0) is 11.8 Å². The van der Waals surface area contributed by atoms with Gasteiger partial charge in [0.2, 0.25) is 0 Å². The fourth-order valence-electron chi connectivity index (χ4n) is 4.07. The van der Waals surface area contributed by atoms with E-state index in [9.17, 15) is 14.9 Å². The lowest BCUT2D eigenvalue weighted by Crippen LogP contribution is -2.33. The Morgan fingerprint density at radius 1 is 1.08 bits per heavy atom. The van der Waals surface area contributed by atoms with Crippen LogP contribution in [0.2, 0.25) is 0 Å². The van der Waals surface area contributed by atoms with Gasteiger partial charge >= 0.3 is 0 Å². The minimum absolute atomic E-state index is 0.244. The van der Waals surface area contributed by atoms with E-state index >= 15 is 0 Å². The summed E-state index contributed by atoms with van der Waals surface area (Å²) in [5, 5.41) is 15.5. The second-order valence-corrected chi connectivity index (χ2v) is 9.81. The van der Waals surface area contributed by atoms with Crippen LogP contribution in [0.3, 0.4) is 0 Å². The molecule has 38 heavy (non-hydrogen) atoms. The number of nitrogen functional groups attached to an aromatic ring is 1. The summed E-state index contributed by atoms with van der Waals surface area (Å²) in [5.74, 6) is -0.155. The van der Waals surface area contributed by atoms with Crippen molar-refractivity contribution in [3.63, 3.8) is 0 Å². The van der Waals surface area contributed by atoms with Crippen LogP contribution in [0.4, 0.5) is 11.5 Å². The highest BCUT2D eigenvalue weighted by molar-refractivity contribution is 6.08. The summed E-state index contributed by atoms with van der Waals surface area (Å²) in [4.78, 5) is 33.4. The van der Waals surface area contributed by atoms with Gasteiger partial charge in [0.05, 0.1) is 22.6 Å². The van der Waals surface area contributed by atoms with E-state index in [1.165, 1.54) is 6.33 Å². The lowest BCUT2D eigenvalue weighted by molar-refractivity contribution is -0.112. The van der Waals surface area contributed by atoms with Gasteiger partial charge < -0.3 is 20.9 Å². The van der Waals surface area contributed by atoms with Crippen LogP contribution in [0.15, 0.2) is 67.0 Å². The highest BCUT2D eigenvalue weighted by Crippen LogP contribution is 2.41. The normalized spacial score (nSPS) is 11.1. The van der Waals surface area contributed by atoms with E-state index in [2.05, 4.69) is 33.2 Å². The van der Waals surface area contributed by atoms with Gasteiger partial charge in [0.1, 0.15) is 17.8 Å². The minimum Gasteiger partial charge on any atom is -0.383 e. The van der Waals surface area contributed by atoms with E-state index in [-0.39, 0.29) is 18.4 Å². The third kappa shape index (κ3) is 5.11. The molecule has 0 atom stereocenters. The molecule has 2 heterocycles. The van der Waals surface area contributed by atoms with Crippen LogP contribution in [-0.4, -0.2) is 32.9 Å². The lowest BCUT2D eigenvalue weighted by atomic mass is 9.95. The van der Waals surface area contributed by atoms with E-state index in [4.69, 9.17) is 5.73 Å². The molecule has 192 valence electrons. The third-order valence-electron chi connectivity index (χ3n) is 6.23. The summed E-state index contributed by atoms with van der Waals surface area (Å²) in [6, 6.07) is 16.8. The van der Waals surface area contributed by atoms with E-state index in [1.54, 1.807) is 32.9 Å². The molecular weight excluding hydrogens is 478 g/mol. The zero-order valence-corrected chi connectivity index (χ0v) is 21.8. The van der Waals surface area contributed by atoms with Crippen molar-refractivity contribution >= 4 is 34.4 Å². The number of nitrogens with zero attached hydrogens (tertiary/aromatic N) is 4. The maximum atomic E-state index is 12.7. The first-order valence-corrected chi connectivity index (χ1v) is 12.0. The molecule has 0 radical (unpaired) electrons. The van der Waals surface area contributed by atoms with Crippen molar-refractivity contribution in [1.29, 1.82) is 5.26 Å². The van der Waals surface area contributed by atoms with E-state index < -0.39 is 5.41 Å². The van der Waals surface area contributed by atoms with Gasteiger partial charge in [0.15, 0.2) is 0 Å². The van der Waals surface area contributed by atoms with Crippen molar-refractivity contribution in [2.45, 2.75) is 20.8 Å². The highest BCUT2D eigenvalue weighted by atomic mass is 16.2. The molecule has 0 unspecified atom stereocenters. The number of anilines is 2. The molecule has 4 N–H and O–H groups in total. The summed E-state index contributed by atoms with van der Waals surface area (Å²) in [6.07, 6.45) is 1.43. The van der Waals surface area contributed by atoms with E-state index in [0.29, 0.717) is 33.7 Å². The zero-order chi connectivity index (χ0) is 27.6. The van der Waals surface area contributed by atoms with Crippen LogP contribution >= 0.6 is 0 Å². The Morgan fingerprint density at radius 2 is 1.71 bits per heavy atom. The van der Waals surface area contributed by atoms with E-state index in [0.717, 1.165) is 22.4 Å². The van der Waals surface area contributed by atoms with Gasteiger partial charge in [-0.25, -0.2) is 9.97 Å². The second-order valence-electron chi connectivity index (χ2n) is 9.81. The number of hydrogen-bond donors (Lipinski definition) is 3. The van der Waals surface area contributed by atoms with Gasteiger partial charge in [-0.3, -0.25) is 9.59 Å². The molecule has 2 aromatic carbocycles. The molecule has 0 aliphatic heterocycles. The fourth-order valence-corrected chi connectivity index (χ4v) is 4.07. The topological polar surface area (TPSA) is 139 Å². The van der Waals surface area contributed by atoms with Gasteiger partial charge in [-0.15, -0.1) is 0 Å². The van der Waals surface area contributed by atoms with Crippen LogP contribution in [0.25, 0.3) is 33.4 Å². The predicted octanol–water partition coefficient (Wildman–Crippen LogP) is 4.68. The van der Waals surface area contributed by atoms with Gasteiger partial charge in [-0.2, -0.15) is 5.26 Å². The van der Waals surface area contributed by atoms with E-state index in [1.807, 2.05) is 48.0 Å².